The first kappa shape index (κ1) is 24.2. The van der Waals surface area contributed by atoms with Crippen LogP contribution >= 0.6 is 0 Å². The third-order valence-corrected chi connectivity index (χ3v) is 6.90. The molecule has 0 saturated carbocycles. The Balaban J connectivity index is 0.000000636. The van der Waals surface area contributed by atoms with Gasteiger partial charge in [0.2, 0.25) is 0 Å². The maximum absolute atomic E-state index is 8.95. The summed E-state index contributed by atoms with van der Waals surface area (Å²) < 4.78 is 13.8. The van der Waals surface area contributed by atoms with E-state index in [0.717, 1.165) is 58.8 Å². The van der Waals surface area contributed by atoms with E-state index in [2.05, 4.69) is 50.3 Å². The van der Waals surface area contributed by atoms with Crippen LogP contribution in [0.4, 0.5) is 5.69 Å². The van der Waals surface area contributed by atoms with Crippen molar-refractivity contribution in [3.8, 4) is 0 Å². The summed E-state index contributed by atoms with van der Waals surface area (Å²) in [6, 6.07) is 7.15. The third-order valence-electron chi connectivity index (χ3n) is 6.90. The minimum Gasteiger partial charge on any atom is -0.471 e. The van der Waals surface area contributed by atoms with Crippen molar-refractivity contribution in [1.82, 2.24) is 24.2 Å². The number of aryl methyl sites for hydroxylation is 3. The molecule has 0 amide bonds. The monoisotopic (exact) mass is 468 g/mol. The fraction of sp³-hybridized carbons (Fsp3) is 0.560. The highest BCUT2D eigenvalue weighted by molar-refractivity contribution is 5.86. The van der Waals surface area contributed by atoms with Crippen LogP contribution in [0.1, 0.15) is 24.7 Å². The average molecular weight is 469 g/mol. The zero-order valence-corrected chi connectivity index (χ0v) is 20.5. The number of ether oxygens (including phenoxy) is 2. The van der Waals surface area contributed by atoms with Gasteiger partial charge < -0.3 is 18.9 Å². The van der Waals surface area contributed by atoms with Crippen molar-refractivity contribution >= 4 is 23.2 Å². The highest BCUT2D eigenvalue weighted by Crippen LogP contribution is 2.35. The molecule has 2 aliphatic heterocycles. The molecule has 9 heteroatoms. The van der Waals surface area contributed by atoms with Gasteiger partial charge in [-0.25, -0.2) is 4.98 Å². The molecule has 2 aliphatic rings. The van der Waals surface area contributed by atoms with E-state index < -0.39 is 0 Å². The molecule has 5 rings (SSSR count). The second kappa shape index (κ2) is 11.5. The first-order valence-corrected chi connectivity index (χ1v) is 12.1. The zero-order valence-electron chi connectivity index (χ0n) is 20.5. The predicted octanol–water partition coefficient (Wildman–Crippen LogP) is 2.37. The minimum atomic E-state index is 0.375. The van der Waals surface area contributed by atoms with Gasteiger partial charge in [-0.05, 0) is 38.0 Å². The second-order valence-corrected chi connectivity index (χ2v) is 8.91. The van der Waals surface area contributed by atoms with Gasteiger partial charge in [0.25, 0.3) is 6.47 Å². The van der Waals surface area contributed by atoms with E-state index in [-0.39, 0.29) is 0 Å². The van der Waals surface area contributed by atoms with E-state index in [0.29, 0.717) is 12.5 Å². The van der Waals surface area contributed by atoms with Gasteiger partial charge >= 0.3 is 0 Å². The van der Waals surface area contributed by atoms with E-state index >= 15 is 0 Å². The molecule has 0 spiro atoms. The molecule has 9 nitrogen and oxygen atoms in total. The highest BCUT2D eigenvalue weighted by Gasteiger charge is 2.24. The Bertz CT molecular complexity index is 1060. The van der Waals surface area contributed by atoms with Gasteiger partial charge in [-0.15, -0.1) is 0 Å². The summed E-state index contributed by atoms with van der Waals surface area (Å²) in [5, 5.41) is 4.37. The van der Waals surface area contributed by atoms with Crippen molar-refractivity contribution in [1.29, 1.82) is 0 Å². The summed E-state index contributed by atoms with van der Waals surface area (Å²) >= 11 is 0. The molecule has 34 heavy (non-hydrogen) atoms. The van der Waals surface area contributed by atoms with Crippen LogP contribution in [-0.2, 0) is 40.2 Å². The van der Waals surface area contributed by atoms with Crippen molar-refractivity contribution in [2.24, 2.45) is 0 Å². The number of anilines is 1. The van der Waals surface area contributed by atoms with Gasteiger partial charge in [0, 0.05) is 75.9 Å². The molecule has 1 fully saturated rings. The quantitative estimate of drug-likeness (QED) is 0.493. The number of carbonyl (C=O) groups excluding carboxylic acids is 1. The number of imidazole rings is 1. The molecule has 0 bridgehead atoms. The first-order valence-electron chi connectivity index (χ1n) is 12.1. The summed E-state index contributed by atoms with van der Waals surface area (Å²) in [4.78, 5) is 19.1. The number of hydrogen-bond acceptors (Lipinski definition) is 7. The van der Waals surface area contributed by atoms with Crippen LogP contribution in [-0.4, -0.2) is 83.8 Å². The SMILES string of the molecule is CC1CCc2c(ccc3c2nc(CCn2cccn2)n3CCN2CCOCC2)N1C.COC=O. The number of benzene rings is 1. The topological polar surface area (TPSA) is 77.7 Å². The molecule has 0 aliphatic carbocycles. The van der Waals surface area contributed by atoms with Crippen LogP contribution in [0.5, 0.6) is 0 Å². The van der Waals surface area contributed by atoms with Crippen LogP contribution in [0.15, 0.2) is 30.6 Å². The molecular formula is C25H36N6O3. The lowest BCUT2D eigenvalue weighted by Gasteiger charge is -2.34. The number of nitrogens with zero attached hydrogens (tertiary/aromatic N) is 6. The smallest absolute Gasteiger partial charge is 0.292 e. The maximum atomic E-state index is 8.95. The first-order chi connectivity index (χ1) is 16.6. The molecule has 1 atom stereocenters. The largest absolute Gasteiger partial charge is 0.471 e. The summed E-state index contributed by atoms with van der Waals surface area (Å²) in [5.41, 5.74) is 5.24. The van der Waals surface area contributed by atoms with Gasteiger partial charge in [0.1, 0.15) is 5.82 Å². The molecule has 184 valence electrons. The molecule has 2 aromatic heterocycles. The average Bonchev–Trinajstić information content (AvgIpc) is 3.52. The van der Waals surface area contributed by atoms with Crippen LogP contribution < -0.4 is 4.90 Å². The van der Waals surface area contributed by atoms with Crippen molar-refractivity contribution in [3.63, 3.8) is 0 Å². The zero-order chi connectivity index (χ0) is 23.9. The van der Waals surface area contributed by atoms with Crippen LogP contribution in [0.25, 0.3) is 11.0 Å². The summed E-state index contributed by atoms with van der Waals surface area (Å²) in [7, 11) is 3.52. The number of carbonyl (C=O) groups is 1. The molecule has 1 unspecified atom stereocenters. The number of methoxy groups -OCH3 is 1. The Hall–Kier alpha value is -2.91. The highest BCUT2D eigenvalue weighted by atomic mass is 16.5. The minimum absolute atomic E-state index is 0.375. The van der Waals surface area contributed by atoms with Crippen LogP contribution in [0.3, 0.4) is 0 Å². The van der Waals surface area contributed by atoms with Crippen molar-refractivity contribution in [2.75, 3.05) is 51.9 Å². The molecule has 0 radical (unpaired) electrons. The van der Waals surface area contributed by atoms with Gasteiger partial charge in [-0.2, -0.15) is 5.10 Å². The molecule has 4 heterocycles. The van der Waals surface area contributed by atoms with Crippen molar-refractivity contribution < 1.29 is 14.3 Å². The number of hydrogen-bond donors (Lipinski definition) is 0. The molecular weight excluding hydrogens is 432 g/mol. The van der Waals surface area contributed by atoms with Gasteiger partial charge in [0.15, 0.2) is 0 Å². The van der Waals surface area contributed by atoms with Gasteiger partial charge in [-0.3, -0.25) is 14.4 Å². The fourth-order valence-corrected chi connectivity index (χ4v) is 4.80. The third kappa shape index (κ3) is 5.42. The molecule has 1 aromatic carbocycles. The molecule has 1 saturated heterocycles. The summed E-state index contributed by atoms with van der Waals surface area (Å²) in [5.74, 6) is 1.17. The molecule has 3 aromatic rings. The lowest BCUT2D eigenvalue weighted by Crippen LogP contribution is -2.38. The van der Waals surface area contributed by atoms with E-state index in [1.165, 1.54) is 41.6 Å². The number of fused-ring (bicyclic) bond motifs is 3. The van der Waals surface area contributed by atoms with E-state index in [4.69, 9.17) is 14.5 Å². The molecule has 0 N–H and O–H groups in total. The maximum Gasteiger partial charge on any atom is 0.292 e. The Labute approximate surface area is 201 Å². The van der Waals surface area contributed by atoms with Crippen molar-refractivity contribution in [2.45, 2.75) is 45.3 Å². The summed E-state index contributed by atoms with van der Waals surface area (Å²) in [6.07, 6.45) is 7.05. The van der Waals surface area contributed by atoms with E-state index in [1.807, 2.05) is 23.1 Å². The normalized spacial score (nSPS) is 18.3. The lowest BCUT2D eigenvalue weighted by atomic mass is 9.96. The van der Waals surface area contributed by atoms with E-state index in [1.54, 1.807) is 0 Å². The summed E-state index contributed by atoms with van der Waals surface area (Å²) in [6.45, 7) is 9.27. The van der Waals surface area contributed by atoms with Crippen molar-refractivity contribution in [3.05, 3.63) is 42.0 Å². The van der Waals surface area contributed by atoms with E-state index in [9.17, 15) is 0 Å². The second-order valence-electron chi connectivity index (χ2n) is 8.91. The standard InChI is InChI=1S/C23H32N6O.C2H4O2/c1-18-4-5-19-20(26(18)2)6-7-21-23(19)25-22(8-11-28-10-3-9-24-28)29(21)13-12-27-14-16-30-17-15-27;1-4-2-3/h3,6-7,9-10,18H,4-5,8,11-17H2,1-2H3;2H,1H3. The fourth-order valence-electron chi connectivity index (χ4n) is 4.80. The number of aromatic nitrogens is 4. The van der Waals surface area contributed by atoms with Gasteiger partial charge in [-0.1, -0.05) is 0 Å². The number of morpholine rings is 1. The van der Waals surface area contributed by atoms with Crippen LogP contribution in [0, 0.1) is 0 Å². The Morgan fingerprint density at radius 1 is 1.21 bits per heavy atom. The Morgan fingerprint density at radius 3 is 2.71 bits per heavy atom. The number of rotatable bonds is 7. The Morgan fingerprint density at radius 2 is 2.00 bits per heavy atom. The lowest BCUT2D eigenvalue weighted by molar-refractivity contribution is -0.126. The predicted molar refractivity (Wildman–Crippen MR) is 132 cm³/mol. The van der Waals surface area contributed by atoms with Gasteiger partial charge in [0.05, 0.1) is 31.4 Å². The Kier molecular flexibility index (Phi) is 8.18. The van der Waals surface area contributed by atoms with Crippen LogP contribution in [0.2, 0.25) is 0 Å².